The van der Waals surface area contributed by atoms with Gasteiger partial charge in [0.15, 0.2) is 0 Å². The molecule has 0 fully saturated rings. The maximum Gasteiger partial charge on any atom is 0.104 e. The summed E-state index contributed by atoms with van der Waals surface area (Å²) < 4.78 is 0. The first-order valence-electron chi connectivity index (χ1n) is 9.94. The van der Waals surface area contributed by atoms with E-state index >= 15 is 0 Å². The normalized spacial score (nSPS) is 17.3. The summed E-state index contributed by atoms with van der Waals surface area (Å²) in [6.45, 7) is 9.13. The molecule has 0 N–H and O–H groups in total. The molecule has 2 aliphatic rings. The van der Waals surface area contributed by atoms with Crippen LogP contribution >= 0.6 is 0 Å². The molecule has 136 valence electrons. The lowest BCUT2D eigenvalue weighted by atomic mass is 10.0. The lowest BCUT2D eigenvalue weighted by molar-refractivity contribution is 0.606. The second-order valence-corrected chi connectivity index (χ2v) is 8.12. The van der Waals surface area contributed by atoms with Crippen LogP contribution in [0.3, 0.4) is 0 Å². The molecule has 27 heavy (non-hydrogen) atoms. The topological polar surface area (TPSA) is 6.48 Å². The minimum absolute atomic E-state index is 0.305. The van der Waals surface area contributed by atoms with Gasteiger partial charge in [-0.1, -0.05) is 42.5 Å². The van der Waals surface area contributed by atoms with Gasteiger partial charge in [0.05, 0.1) is 11.4 Å². The predicted molar refractivity (Wildman–Crippen MR) is 115 cm³/mol. The average molecular weight is 354 g/mol. The molecular weight excluding hydrogens is 328 g/mol. The van der Waals surface area contributed by atoms with E-state index < -0.39 is 0 Å². The molecule has 3 aromatic rings. The molecule has 1 aliphatic heterocycles. The number of rotatable bonds is 2. The van der Waals surface area contributed by atoms with Crippen molar-refractivity contribution in [2.75, 3.05) is 9.80 Å². The molecule has 1 atom stereocenters. The van der Waals surface area contributed by atoms with E-state index in [-0.39, 0.29) is 0 Å². The summed E-state index contributed by atoms with van der Waals surface area (Å²) in [5.41, 5.74) is 11.0. The molecule has 3 aromatic carbocycles. The van der Waals surface area contributed by atoms with Crippen molar-refractivity contribution >= 4 is 17.1 Å². The molecule has 0 unspecified atom stereocenters. The third kappa shape index (κ3) is 2.32. The lowest BCUT2D eigenvalue weighted by Crippen LogP contribution is -2.42. The van der Waals surface area contributed by atoms with E-state index in [1.165, 1.54) is 44.9 Å². The van der Waals surface area contributed by atoms with E-state index in [0.717, 1.165) is 6.42 Å². The fourth-order valence-electron chi connectivity index (χ4n) is 4.96. The van der Waals surface area contributed by atoms with Crippen molar-refractivity contribution < 1.29 is 0 Å². The van der Waals surface area contributed by atoms with Gasteiger partial charge in [-0.05, 0) is 80.1 Å². The summed E-state index contributed by atoms with van der Waals surface area (Å²) in [5, 5.41) is 0. The summed E-state index contributed by atoms with van der Waals surface area (Å²) >= 11 is 0. The largest absolute Gasteiger partial charge is 0.347 e. The number of benzene rings is 3. The second kappa shape index (κ2) is 5.88. The van der Waals surface area contributed by atoms with E-state index in [2.05, 4.69) is 98.2 Å². The molecule has 0 spiro atoms. The molecule has 1 heterocycles. The molecular formula is C25H26N2. The molecule has 0 saturated carbocycles. The van der Waals surface area contributed by atoms with Crippen LogP contribution in [0.25, 0.3) is 11.1 Å². The Hall–Kier alpha value is -2.74. The summed E-state index contributed by atoms with van der Waals surface area (Å²) in [6.07, 6.45) is 1.34. The van der Waals surface area contributed by atoms with E-state index in [1.54, 1.807) is 0 Å². The van der Waals surface area contributed by atoms with Gasteiger partial charge in [-0.3, -0.25) is 0 Å². The SMILES string of the molecule is Cc1ccccc1N1c2cc3c(cc2N(C(C)C)[C@@H]1C)-c1ccccc1C3. The zero-order valence-electron chi connectivity index (χ0n) is 16.5. The highest BCUT2D eigenvalue weighted by Gasteiger charge is 2.37. The second-order valence-electron chi connectivity index (χ2n) is 8.12. The van der Waals surface area contributed by atoms with Crippen LogP contribution in [0, 0.1) is 6.92 Å². The number of fused-ring (bicyclic) bond motifs is 4. The number of para-hydroxylation sites is 1. The number of hydrogen-bond acceptors (Lipinski definition) is 2. The van der Waals surface area contributed by atoms with Crippen molar-refractivity contribution in [1.82, 2.24) is 0 Å². The van der Waals surface area contributed by atoms with Crippen LogP contribution in [0.1, 0.15) is 37.5 Å². The highest BCUT2D eigenvalue weighted by Crippen LogP contribution is 2.50. The molecule has 0 aromatic heterocycles. The van der Waals surface area contributed by atoms with Crippen LogP contribution < -0.4 is 9.80 Å². The van der Waals surface area contributed by atoms with E-state index in [0.29, 0.717) is 12.2 Å². The molecule has 0 saturated heterocycles. The first-order chi connectivity index (χ1) is 13.1. The summed E-state index contributed by atoms with van der Waals surface area (Å²) in [4.78, 5) is 5.08. The Morgan fingerprint density at radius 2 is 1.56 bits per heavy atom. The van der Waals surface area contributed by atoms with Crippen molar-refractivity contribution in [3.05, 3.63) is 77.4 Å². The molecule has 0 amide bonds. The van der Waals surface area contributed by atoms with Gasteiger partial charge in [0.2, 0.25) is 0 Å². The summed E-state index contributed by atoms with van der Waals surface area (Å²) in [7, 11) is 0. The van der Waals surface area contributed by atoms with Crippen LogP contribution in [0.15, 0.2) is 60.7 Å². The maximum atomic E-state index is 2.56. The molecule has 0 radical (unpaired) electrons. The Labute approximate surface area is 162 Å². The van der Waals surface area contributed by atoms with Gasteiger partial charge in [0, 0.05) is 11.7 Å². The highest BCUT2D eigenvalue weighted by molar-refractivity contribution is 5.91. The van der Waals surface area contributed by atoms with E-state index in [1.807, 2.05) is 0 Å². The van der Waals surface area contributed by atoms with Crippen molar-refractivity contribution in [2.45, 2.75) is 46.3 Å². The first-order valence-corrected chi connectivity index (χ1v) is 9.94. The summed E-state index contributed by atoms with van der Waals surface area (Å²) in [5.74, 6) is 0. The summed E-state index contributed by atoms with van der Waals surface area (Å²) in [6, 6.07) is 22.9. The van der Waals surface area contributed by atoms with Crippen molar-refractivity contribution in [1.29, 1.82) is 0 Å². The quantitative estimate of drug-likeness (QED) is 0.418. The molecule has 2 heteroatoms. The van der Waals surface area contributed by atoms with Gasteiger partial charge in [-0.15, -0.1) is 0 Å². The molecule has 1 aliphatic carbocycles. The Bertz CT molecular complexity index is 1030. The maximum absolute atomic E-state index is 2.56. The predicted octanol–water partition coefficient (Wildman–Crippen LogP) is 6.28. The van der Waals surface area contributed by atoms with Gasteiger partial charge in [0.1, 0.15) is 6.17 Å². The van der Waals surface area contributed by atoms with Crippen LogP contribution in [0.4, 0.5) is 17.1 Å². The van der Waals surface area contributed by atoms with E-state index in [4.69, 9.17) is 0 Å². The number of hydrogen-bond donors (Lipinski definition) is 0. The van der Waals surface area contributed by atoms with Gasteiger partial charge in [-0.2, -0.15) is 0 Å². The molecule has 5 rings (SSSR count). The zero-order chi connectivity index (χ0) is 18.7. The minimum atomic E-state index is 0.305. The Balaban J connectivity index is 1.73. The minimum Gasteiger partial charge on any atom is -0.347 e. The third-order valence-electron chi connectivity index (χ3n) is 6.13. The smallest absolute Gasteiger partial charge is 0.104 e. The number of nitrogens with zero attached hydrogens (tertiary/aromatic N) is 2. The highest BCUT2D eigenvalue weighted by atomic mass is 15.4. The monoisotopic (exact) mass is 354 g/mol. The Morgan fingerprint density at radius 3 is 2.33 bits per heavy atom. The van der Waals surface area contributed by atoms with Crippen LogP contribution in [-0.4, -0.2) is 12.2 Å². The van der Waals surface area contributed by atoms with Crippen LogP contribution in [0.5, 0.6) is 0 Å². The van der Waals surface area contributed by atoms with Gasteiger partial charge in [0.25, 0.3) is 0 Å². The first kappa shape index (κ1) is 16.4. The molecule has 0 bridgehead atoms. The lowest BCUT2D eigenvalue weighted by Gasteiger charge is -2.33. The van der Waals surface area contributed by atoms with E-state index in [9.17, 15) is 0 Å². The zero-order valence-corrected chi connectivity index (χ0v) is 16.5. The van der Waals surface area contributed by atoms with Gasteiger partial charge < -0.3 is 9.80 Å². The average Bonchev–Trinajstić information content (AvgIpc) is 3.14. The van der Waals surface area contributed by atoms with Gasteiger partial charge >= 0.3 is 0 Å². The Morgan fingerprint density at radius 1 is 0.815 bits per heavy atom. The third-order valence-corrected chi connectivity index (χ3v) is 6.13. The number of anilines is 3. The van der Waals surface area contributed by atoms with Crippen LogP contribution in [-0.2, 0) is 6.42 Å². The van der Waals surface area contributed by atoms with Crippen molar-refractivity contribution in [3.63, 3.8) is 0 Å². The fraction of sp³-hybridized carbons (Fsp3) is 0.280. The fourth-order valence-corrected chi connectivity index (χ4v) is 4.96. The molecule has 2 nitrogen and oxygen atoms in total. The van der Waals surface area contributed by atoms with Crippen molar-refractivity contribution in [3.8, 4) is 11.1 Å². The standard InChI is InChI=1S/C25H26N2/c1-16(2)26-18(4)27(23-12-8-5-9-17(23)3)24-14-20-13-19-10-6-7-11-21(19)22(20)15-25(24)26/h5-12,14-16,18H,13H2,1-4H3/t18-/m0/s1. The van der Waals surface area contributed by atoms with Crippen molar-refractivity contribution in [2.24, 2.45) is 0 Å². The number of aryl methyl sites for hydroxylation is 1. The Kier molecular flexibility index (Phi) is 3.58. The van der Waals surface area contributed by atoms with Gasteiger partial charge in [-0.25, -0.2) is 0 Å². The van der Waals surface area contributed by atoms with Crippen LogP contribution in [0.2, 0.25) is 0 Å².